The van der Waals surface area contributed by atoms with Crippen LogP contribution in [0.15, 0.2) is 53.4 Å². The maximum Gasteiger partial charge on any atom is 0.279 e. The Labute approximate surface area is 159 Å². The van der Waals surface area contributed by atoms with E-state index in [1.807, 2.05) is 42.6 Å². The topological polar surface area (TPSA) is 83.1 Å². The molecule has 0 aliphatic rings. The molecule has 140 valence electrons. The molecule has 1 atom stereocenters. The number of carbonyl (C=O) groups excluding carboxylic acids is 1. The molecule has 2 aromatic rings. The third kappa shape index (κ3) is 5.04. The minimum atomic E-state index is -3.60. The Morgan fingerprint density at radius 3 is 2.46 bits per heavy atom. The van der Waals surface area contributed by atoms with Gasteiger partial charge in [0.1, 0.15) is 6.04 Å². The quantitative estimate of drug-likeness (QED) is 0.749. The Hall–Kier alpha value is -1.93. The first kappa shape index (κ1) is 20.4. The molecule has 2 aromatic carbocycles. The van der Waals surface area contributed by atoms with E-state index >= 15 is 0 Å². The van der Waals surface area contributed by atoms with Gasteiger partial charge in [-0.15, -0.1) is 0 Å². The summed E-state index contributed by atoms with van der Waals surface area (Å²) in [6.45, 7) is 2.21. The fraction of sp³-hybridized carbons (Fsp3) is 0.278. The fourth-order valence-corrected chi connectivity index (χ4v) is 3.44. The molecular weight excluding hydrogens is 374 g/mol. The van der Waals surface area contributed by atoms with Crippen LogP contribution in [0.5, 0.6) is 0 Å². The van der Waals surface area contributed by atoms with Gasteiger partial charge in [0.25, 0.3) is 5.91 Å². The number of rotatable bonds is 7. The van der Waals surface area contributed by atoms with Gasteiger partial charge in [-0.05, 0) is 25.1 Å². The number of carbonyl (C=O) groups is 1. The van der Waals surface area contributed by atoms with Crippen LogP contribution < -0.4 is 10.6 Å². The van der Waals surface area contributed by atoms with Gasteiger partial charge in [-0.1, -0.05) is 41.9 Å². The van der Waals surface area contributed by atoms with Gasteiger partial charge in [-0.3, -0.25) is 4.79 Å². The average molecular weight is 397 g/mol. The van der Waals surface area contributed by atoms with E-state index in [-0.39, 0.29) is 34.1 Å². The van der Waals surface area contributed by atoms with E-state index < -0.39 is 10.0 Å². The summed E-state index contributed by atoms with van der Waals surface area (Å²) < 4.78 is 25.5. The van der Waals surface area contributed by atoms with Gasteiger partial charge in [0.05, 0.1) is 15.6 Å². The zero-order valence-corrected chi connectivity index (χ0v) is 16.5. The van der Waals surface area contributed by atoms with Crippen molar-refractivity contribution >= 4 is 33.2 Å². The fourth-order valence-electron chi connectivity index (χ4n) is 2.35. The molecule has 6 nitrogen and oxygen atoms in total. The summed E-state index contributed by atoms with van der Waals surface area (Å²) in [5, 5.41) is 4.87. The molecule has 2 rings (SSSR count). The molecule has 1 amide bonds. The highest BCUT2D eigenvalue weighted by Crippen LogP contribution is 2.26. The largest absolute Gasteiger partial charge is 0.333 e. The van der Waals surface area contributed by atoms with Gasteiger partial charge in [0.2, 0.25) is 10.0 Å². The van der Waals surface area contributed by atoms with Gasteiger partial charge < -0.3 is 10.6 Å². The summed E-state index contributed by atoms with van der Waals surface area (Å²) in [6, 6.07) is 14.2. The van der Waals surface area contributed by atoms with Crippen molar-refractivity contribution in [3.05, 3.63) is 59.1 Å². The Morgan fingerprint density at radius 2 is 1.85 bits per heavy atom. The molecule has 0 saturated carbocycles. The van der Waals surface area contributed by atoms with Crippen molar-refractivity contribution in [1.29, 1.82) is 0 Å². The lowest BCUT2D eigenvalue weighted by molar-refractivity contribution is -0.682. The van der Waals surface area contributed by atoms with E-state index in [1.165, 1.54) is 32.3 Å². The second kappa shape index (κ2) is 8.64. The molecular formula is C18H23ClN3O3S+. The molecule has 0 unspecified atom stereocenters. The summed E-state index contributed by atoms with van der Waals surface area (Å²) in [5.74, 6) is -0.255. The number of benzene rings is 2. The van der Waals surface area contributed by atoms with Gasteiger partial charge >= 0.3 is 0 Å². The van der Waals surface area contributed by atoms with Crippen LogP contribution in [-0.2, 0) is 14.8 Å². The monoisotopic (exact) mass is 396 g/mol. The van der Waals surface area contributed by atoms with Crippen LogP contribution in [0.1, 0.15) is 18.5 Å². The smallest absolute Gasteiger partial charge is 0.279 e. The number of nitrogens with zero attached hydrogens (tertiary/aromatic N) is 1. The van der Waals surface area contributed by atoms with Crippen molar-refractivity contribution < 1.29 is 18.5 Å². The van der Waals surface area contributed by atoms with Gasteiger partial charge in [-0.25, -0.2) is 12.7 Å². The van der Waals surface area contributed by atoms with Crippen molar-refractivity contribution in [2.45, 2.75) is 17.9 Å². The zero-order valence-electron chi connectivity index (χ0n) is 14.9. The number of anilines is 1. The van der Waals surface area contributed by atoms with E-state index in [1.54, 1.807) is 0 Å². The highest BCUT2D eigenvalue weighted by molar-refractivity contribution is 7.89. The normalized spacial score (nSPS) is 12.8. The summed E-state index contributed by atoms with van der Waals surface area (Å²) in [4.78, 5) is 12.3. The standard InChI is InChI=1S/C18H22ClN3O3S/c1-13(14-7-5-4-6-8-14)20-12-18(23)21-17-11-15(9-10-16(17)19)26(24,25)22(2)3/h4-11,13,20H,12H2,1-3H3,(H,21,23)/p+1/t13-/m0/s1. The lowest BCUT2D eigenvalue weighted by atomic mass is 10.1. The Bertz CT molecular complexity index is 871. The number of nitrogens with one attached hydrogen (secondary N) is 1. The number of halogens is 1. The number of hydrogen-bond donors (Lipinski definition) is 2. The molecule has 0 fully saturated rings. The van der Waals surface area contributed by atoms with Crippen molar-refractivity contribution in [2.75, 3.05) is 26.0 Å². The van der Waals surface area contributed by atoms with E-state index in [9.17, 15) is 13.2 Å². The highest BCUT2D eigenvalue weighted by atomic mass is 35.5. The number of hydrogen-bond acceptors (Lipinski definition) is 3. The molecule has 0 aromatic heterocycles. The van der Waals surface area contributed by atoms with Crippen molar-refractivity contribution in [3.8, 4) is 0 Å². The second-order valence-corrected chi connectivity index (χ2v) is 8.68. The van der Waals surface area contributed by atoms with E-state index in [2.05, 4.69) is 5.32 Å². The maximum atomic E-state index is 12.2. The number of amides is 1. The Kier molecular flexibility index (Phi) is 6.77. The molecule has 0 aliphatic carbocycles. The predicted molar refractivity (Wildman–Crippen MR) is 103 cm³/mol. The summed E-state index contributed by atoms with van der Waals surface area (Å²) >= 11 is 6.10. The first-order valence-electron chi connectivity index (χ1n) is 8.12. The van der Waals surface area contributed by atoms with Crippen LogP contribution >= 0.6 is 11.6 Å². The minimum Gasteiger partial charge on any atom is -0.333 e. The molecule has 0 heterocycles. The summed E-state index contributed by atoms with van der Waals surface area (Å²) in [6.07, 6.45) is 0. The molecule has 0 bridgehead atoms. The third-order valence-electron chi connectivity index (χ3n) is 3.97. The third-order valence-corrected chi connectivity index (χ3v) is 6.11. The van der Waals surface area contributed by atoms with E-state index in [0.717, 1.165) is 9.87 Å². The molecule has 8 heteroatoms. The average Bonchev–Trinajstić information content (AvgIpc) is 2.62. The van der Waals surface area contributed by atoms with Crippen LogP contribution in [0.3, 0.4) is 0 Å². The van der Waals surface area contributed by atoms with E-state index in [0.29, 0.717) is 0 Å². The van der Waals surface area contributed by atoms with Gasteiger partial charge in [0, 0.05) is 19.7 Å². The first-order chi connectivity index (χ1) is 12.2. The van der Waals surface area contributed by atoms with Crippen LogP contribution in [0, 0.1) is 0 Å². The lowest BCUT2D eigenvalue weighted by Crippen LogP contribution is -2.86. The van der Waals surface area contributed by atoms with E-state index in [4.69, 9.17) is 11.6 Å². The summed E-state index contributed by atoms with van der Waals surface area (Å²) in [7, 11) is -0.705. The molecule has 0 spiro atoms. The van der Waals surface area contributed by atoms with Crippen LogP contribution in [0.25, 0.3) is 0 Å². The number of sulfonamides is 1. The van der Waals surface area contributed by atoms with Crippen LogP contribution in [-0.4, -0.2) is 39.3 Å². The van der Waals surface area contributed by atoms with Crippen LogP contribution in [0.2, 0.25) is 5.02 Å². The molecule has 26 heavy (non-hydrogen) atoms. The summed E-state index contributed by atoms with van der Waals surface area (Å²) in [5.41, 5.74) is 1.40. The SMILES string of the molecule is C[C@H]([NH2+]CC(=O)Nc1cc(S(=O)(=O)N(C)C)ccc1Cl)c1ccccc1. The number of quaternary nitrogens is 1. The molecule has 0 radical (unpaired) electrons. The molecule has 0 saturated heterocycles. The molecule has 3 N–H and O–H groups in total. The molecule has 0 aliphatic heterocycles. The zero-order chi connectivity index (χ0) is 19.3. The van der Waals surface area contributed by atoms with Gasteiger partial charge in [0.15, 0.2) is 6.54 Å². The second-order valence-electron chi connectivity index (χ2n) is 6.12. The maximum absolute atomic E-state index is 12.2. The Balaban J connectivity index is 2.05. The highest BCUT2D eigenvalue weighted by Gasteiger charge is 2.19. The Morgan fingerprint density at radius 1 is 1.19 bits per heavy atom. The number of nitrogens with two attached hydrogens (primary N) is 1. The first-order valence-corrected chi connectivity index (χ1v) is 9.94. The van der Waals surface area contributed by atoms with Crippen LogP contribution in [0.4, 0.5) is 5.69 Å². The predicted octanol–water partition coefficient (Wildman–Crippen LogP) is 1.85. The van der Waals surface area contributed by atoms with Crippen molar-refractivity contribution in [2.24, 2.45) is 0 Å². The van der Waals surface area contributed by atoms with Gasteiger partial charge in [-0.2, -0.15) is 0 Å². The van der Waals surface area contributed by atoms with Crippen molar-refractivity contribution in [1.82, 2.24) is 4.31 Å². The van der Waals surface area contributed by atoms with Crippen molar-refractivity contribution in [3.63, 3.8) is 0 Å². The lowest BCUT2D eigenvalue weighted by Gasteiger charge is -2.14. The minimum absolute atomic E-state index is 0.0730.